The molecule has 170 valence electrons. The summed E-state index contributed by atoms with van der Waals surface area (Å²) in [5.74, 6) is -0.171. The Bertz CT molecular complexity index is 1050. The minimum Gasteiger partial charge on any atom is -0.504 e. The molecule has 2 atom stereocenters. The fourth-order valence-electron chi connectivity index (χ4n) is 5.47. The van der Waals surface area contributed by atoms with Crippen LogP contribution in [0.25, 0.3) is 0 Å². The summed E-state index contributed by atoms with van der Waals surface area (Å²) >= 11 is 0. The summed E-state index contributed by atoms with van der Waals surface area (Å²) in [6.07, 6.45) is 4.09. The molecule has 3 aliphatic rings. The van der Waals surface area contributed by atoms with Crippen molar-refractivity contribution in [2.75, 3.05) is 23.4 Å². The average molecular weight is 435 g/mol. The minimum absolute atomic E-state index is 0.0803. The monoisotopic (exact) mass is 434 g/mol. The molecule has 3 N–H and O–H groups in total. The van der Waals surface area contributed by atoms with Gasteiger partial charge in [0.25, 0.3) is 0 Å². The number of nitrogens with one attached hydrogen (secondary N) is 1. The van der Waals surface area contributed by atoms with Crippen LogP contribution in [-0.2, 0) is 16.6 Å². The summed E-state index contributed by atoms with van der Waals surface area (Å²) in [4.78, 5) is 2.61. The van der Waals surface area contributed by atoms with E-state index >= 15 is 0 Å². The van der Waals surface area contributed by atoms with Crippen molar-refractivity contribution in [1.29, 1.82) is 0 Å². The quantitative estimate of drug-likeness (QED) is 0.556. The first-order valence-electron chi connectivity index (χ1n) is 11.7. The van der Waals surface area contributed by atoms with Crippen molar-refractivity contribution in [3.05, 3.63) is 59.8 Å². The van der Waals surface area contributed by atoms with Gasteiger partial charge in [-0.15, -0.1) is 0 Å². The molecule has 0 radical (unpaired) electrons. The lowest BCUT2D eigenvalue weighted by Crippen LogP contribution is -2.48. The highest BCUT2D eigenvalue weighted by molar-refractivity contribution is 5.68. The molecule has 1 saturated carbocycles. The second-order valence-electron chi connectivity index (χ2n) is 10.7. The number of phenolic OH excluding ortho intramolecular Hbond substituents is 2. The molecule has 0 amide bonds. The summed E-state index contributed by atoms with van der Waals surface area (Å²) < 4.78 is 5.73. The van der Waals surface area contributed by atoms with Crippen LogP contribution in [0.3, 0.4) is 0 Å². The van der Waals surface area contributed by atoms with Gasteiger partial charge in [-0.2, -0.15) is 0 Å². The lowest BCUT2D eigenvalue weighted by atomic mass is 9.84. The molecule has 5 rings (SSSR count). The fraction of sp³-hybridized carbons (Fsp3) is 0.481. The van der Waals surface area contributed by atoms with Gasteiger partial charge in [-0.1, -0.05) is 33.4 Å². The Labute approximate surface area is 190 Å². The Morgan fingerprint density at radius 1 is 1.12 bits per heavy atom. The third-order valence-corrected chi connectivity index (χ3v) is 7.56. The molecule has 2 aliphatic heterocycles. The number of anilines is 2. The standard InChI is InChI=1S/C27H34N2O3/c1-17(27(10-11-27)19-5-8-23(30)24(31)15-19)28-20-6-7-22-18(13-20)14-25(26(2,3)4)29(22)21-9-12-32-16-21/h5-8,13,15,21,25,28,30-31H,1,9-12,14,16H2,2-4H3. The zero-order valence-corrected chi connectivity index (χ0v) is 19.3. The number of rotatable bonds is 5. The largest absolute Gasteiger partial charge is 0.504 e. The molecular formula is C27H34N2O3. The van der Waals surface area contributed by atoms with Gasteiger partial charge in [0.15, 0.2) is 11.5 Å². The smallest absolute Gasteiger partial charge is 0.157 e. The van der Waals surface area contributed by atoms with Crippen molar-refractivity contribution in [2.24, 2.45) is 5.41 Å². The molecule has 1 saturated heterocycles. The molecular weight excluding hydrogens is 400 g/mol. The lowest BCUT2D eigenvalue weighted by Gasteiger charge is -2.40. The number of ether oxygens (including phenoxy) is 1. The van der Waals surface area contributed by atoms with Gasteiger partial charge >= 0.3 is 0 Å². The van der Waals surface area contributed by atoms with Gasteiger partial charge in [0, 0.05) is 35.1 Å². The summed E-state index contributed by atoms with van der Waals surface area (Å²) in [5.41, 5.74) is 5.69. The van der Waals surface area contributed by atoms with Crippen LogP contribution in [0.4, 0.5) is 11.4 Å². The average Bonchev–Trinajstić information content (AvgIpc) is 3.19. The minimum atomic E-state index is -0.189. The molecule has 1 aliphatic carbocycles. The highest BCUT2D eigenvalue weighted by Crippen LogP contribution is 2.54. The van der Waals surface area contributed by atoms with E-state index in [0.29, 0.717) is 12.1 Å². The van der Waals surface area contributed by atoms with Crippen LogP contribution in [0.15, 0.2) is 48.7 Å². The number of hydrogen-bond acceptors (Lipinski definition) is 5. The first-order chi connectivity index (χ1) is 15.2. The third-order valence-electron chi connectivity index (χ3n) is 7.56. The molecule has 0 bridgehead atoms. The van der Waals surface area contributed by atoms with E-state index in [4.69, 9.17) is 4.74 Å². The molecule has 0 aromatic heterocycles. The number of nitrogens with zero attached hydrogens (tertiary/aromatic N) is 1. The van der Waals surface area contributed by atoms with E-state index in [1.54, 1.807) is 12.1 Å². The second kappa shape index (κ2) is 7.45. The lowest BCUT2D eigenvalue weighted by molar-refractivity contribution is 0.189. The maximum atomic E-state index is 9.96. The van der Waals surface area contributed by atoms with Crippen LogP contribution in [0.2, 0.25) is 0 Å². The SMILES string of the molecule is C=C(Nc1ccc2c(c1)CC(C(C)(C)C)N2C1CCOC1)C1(c2ccc(O)c(O)c2)CC1. The Morgan fingerprint density at radius 3 is 2.53 bits per heavy atom. The first kappa shape index (κ1) is 21.2. The van der Waals surface area contributed by atoms with Gasteiger partial charge < -0.3 is 25.2 Å². The van der Waals surface area contributed by atoms with Crippen molar-refractivity contribution in [1.82, 2.24) is 0 Å². The Balaban J connectivity index is 1.39. The fourth-order valence-corrected chi connectivity index (χ4v) is 5.47. The van der Waals surface area contributed by atoms with Crippen molar-refractivity contribution in [3.63, 3.8) is 0 Å². The van der Waals surface area contributed by atoms with Crippen molar-refractivity contribution in [3.8, 4) is 11.5 Å². The number of allylic oxidation sites excluding steroid dienone is 1. The van der Waals surface area contributed by atoms with Crippen molar-refractivity contribution >= 4 is 11.4 Å². The number of phenols is 2. The van der Waals surface area contributed by atoms with E-state index < -0.39 is 0 Å². The molecule has 2 heterocycles. The van der Waals surface area contributed by atoms with Gasteiger partial charge in [0.1, 0.15) is 0 Å². The van der Waals surface area contributed by atoms with Gasteiger partial charge in [-0.25, -0.2) is 0 Å². The molecule has 5 heteroatoms. The molecule has 0 spiro atoms. The van der Waals surface area contributed by atoms with Crippen LogP contribution in [-0.4, -0.2) is 35.5 Å². The predicted molar refractivity (Wildman–Crippen MR) is 129 cm³/mol. The van der Waals surface area contributed by atoms with Crippen molar-refractivity contribution < 1.29 is 14.9 Å². The van der Waals surface area contributed by atoms with Gasteiger partial charge in [0.2, 0.25) is 0 Å². The van der Waals surface area contributed by atoms with E-state index in [9.17, 15) is 10.2 Å². The number of fused-ring (bicyclic) bond motifs is 1. The Kier molecular flexibility index (Phi) is 4.93. The Morgan fingerprint density at radius 2 is 1.91 bits per heavy atom. The van der Waals surface area contributed by atoms with Crippen LogP contribution < -0.4 is 10.2 Å². The molecule has 2 unspecified atom stereocenters. The van der Waals surface area contributed by atoms with E-state index in [1.807, 2.05) is 6.07 Å². The molecule has 2 fully saturated rings. The highest BCUT2D eigenvalue weighted by Gasteiger charge is 2.47. The van der Waals surface area contributed by atoms with Crippen molar-refractivity contribution in [2.45, 2.75) is 64.0 Å². The summed E-state index contributed by atoms with van der Waals surface area (Å²) in [7, 11) is 0. The zero-order valence-electron chi connectivity index (χ0n) is 19.3. The normalized spacial score (nSPS) is 23.8. The van der Waals surface area contributed by atoms with E-state index in [1.165, 1.54) is 11.3 Å². The highest BCUT2D eigenvalue weighted by atomic mass is 16.5. The van der Waals surface area contributed by atoms with Crippen LogP contribution in [0, 0.1) is 5.41 Å². The zero-order chi connectivity index (χ0) is 22.7. The first-order valence-corrected chi connectivity index (χ1v) is 11.7. The Hall–Kier alpha value is -2.66. The maximum absolute atomic E-state index is 9.96. The van der Waals surface area contributed by atoms with E-state index in [0.717, 1.165) is 55.8 Å². The molecule has 2 aromatic rings. The number of benzene rings is 2. The maximum Gasteiger partial charge on any atom is 0.157 e. The van der Waals surface area contributed by atoms with Gasteiger partial charge in [-0.05, 0) is 72.6 Å². The van der Waals surface area contributed by atoms with E-state index in [2.05, 4.69) is 55.8 Å². The van der Waals surface area contributed by atoms with Crippen LogP contribution in [0.5, 0.6) is 11.5 Å². The number of aromatic hydroxyl groups is 2. The third kappa shape index (κ3) is 3.53. The second-order valence-corrected chi connectivity index (χ2v) is 10.7. The molecule has 5 nitrogen and oxygen atoms in total. The predicted octanol–water partition coefficient (Wildman–Crippen LogP) is 5.32. The topological polar surface area (TPSA) is 65.0 Å². The molecule has 32 heavy (non-hydrogen) atoms. The summed E-state index contributed by atoms with van der Waals surface area (Å²) in [6, 6.07) is 12.7. The number of hydrogen-bond donors (Lipinski definition) is 3. The van der Waals surface area contributed by atoms with E-state index in [-0.39, 0.29) is 22.3 Å². The van der Waals surface area contributed by atoms with Gasteiger partial charge in [0.05, 0.1) is 12.6 Å². The molecule has 2 aromatic carbocycles. The van der Waals surface area contributed by atoms with Crippen LogP contribution >= 0.6 is 0 Å². The summed E-state index contributed by atoms with van der Waals surface area (Å²) in [5, 5.41) is 23.2. The van der Waals surface area contributed by atoms with Gasteiger partial charge in [-0.3, -0.25) is 0 Å². The van der Waals surface area contributed by atoms with Crippen LogP contribution in [0.1, 0.15) is 51.2 Å². The summed E-state index contributed by atoms with van der Waals surface area (Å²) in [6.45, 7) is 13.0.